The van der Waals surface area contributed by atoms with E-state index >= 15 is 0 Å². The predicted octanol–water partition coefficient (Wildman–Crippen LogP) is 0.602. The predicted molar refractivity (Wildman–Crippen MR) is 94.7 cm³/mol. The highest BCUT2D eigenvalue weighted by atomic mass is 16.2. The van der Waals surface area contributed by atoms with Gasteiger partial charge in [0.15, 0.2) is 0 Å². The van der Waals surface area contributed by atoms with Gasteiger partial charge in [-0.05, 0) is 25.3 Å². The molecule has 8 nitrogen and oxygen atoms in total. The molecule has 0 aromatic carbocycles. The average molecular weight is 343 g/mol. The molecular formula is C17H25N7O. The SMILES string of the molecule is CN(C)C(=O)CN1CCCN(c2cc(C3CC3)nn3cnnc23)CC1. The summed E-state index contributed by atoms with van der Waals surface area (Å²) in [5, 5.41) is 13.0. The number of hydrogen-bond donors (Lipinski definition) is 0. The summed E-state index contributed by atoms with van der Waals surface area (Å²) in [4.78, 5) is 18.3. The van der Waals surface area contributed by atoms with Gasteiger partial charge in [-0.3, -0.25) is 9.69 Å². The Bertz CT molecular complexity index is 767. The third-order valence-corrected chi connectivity index (χ3v) is 5.05. The van der Waals surface area contributed by atoms with Crippen molar-refractivity contribution in [2.45, 2.75) is 25.2 Å². The fraction of sp³-hybridized carbons (Fsp3) is 0.647. The van der Waals surface area contributed by atoms with Crippen LogP contribution in [-0.2, 0) is 4.79 Å². The number of carbonyl (C=O) groups excluding carboxylic acids is 1. The zero-order chi connectivity index (χ0) is 17.4. The van der Waals surface area contributed by atoms with Crippen LogP contribution in [0.3, 0.4) is 0 Å². The maximum Gasteiger partial charge on any atom is 0.236 e. The normalized spacial score (nSPS) is 19.2. The van der Waals surface area contributed by atoms with Crippen molar-refractivity contribution in [1.82, 2.24) is 29.6 Å². The van der Waals surface area contributed by atoms with Crippen molar-refractivity contribution in [3.8, 4) is 0 Å². The molecule has 2 aromatic rings. The van der Waals surface area contributed by atoms with Crippen molar-refractivity contribution >= 4 is 17.2 Å². The molecule has 1 aliphatic heterocycles. The summed E-state index contributed by atoms with van der Waals surface area (Å²) in [6, 6.07) is 2.20. The molecule has 0 bridgehead atoms. The Balaban J connectivity index is 1.53. The number of hydrogen-bond acceptors (Lipinski definition) is 6. The first-order valence-electron chi connectivity index (χ1n) is 9.00. The number of anilines is 1. The van der Waals surface area contributed by atoms with Gasteiger partial charge in [-0.15, -0.1) is 10.2 Å². The van der Waals surface area contributed by atoms with Crippen LogP contribution in [0.5, 0.6) is 0 Å². The molecule has 2 aromatic heterocycles. The molecule has 1 saturated carbocycles. The first-order chi connectivity index (χ1) is 12.1. The van der Waals surface area contributed by atoms with Gasteiger partial charge in [-0.2, -0.15) is 9.61 Å². The second kappa shape index (κ2) is 6.59. The molecule has 4 rings (SSSR count). The minimum atomic E-state index is 0.160. The zero-order valence-electron chi connectivity index (χ0n) is 14.9. The third-order valence-electron chi connectivity index (χ3n) is 5.05. The highest BCUT2D eigenvalue weighted by molar-refractivity contribution is 5.77. The highest BCUT2D eigenvalue weighted by Crippen LogP contribution is 2.40. The lowest BCUT2D eigenvalue weighted by Crippen LogP contribution is -2.38. The first-order valence-corrected chi connectivity index (χ1v) is 9.00. The van der Waals surface area contributed by atoms with E-state index in [1.54, 1.807) is 15.7 Å². The second-order valence-corrected chi connectivity index (χ2v) is 7.23. The van der Waals surface area contributed by atoms with E-state index in [4.69, 9.17) is 0 Å². The van der Waals surface area contributed by atoms with E-state index in [0.717, 1.165) is 49.6 Å². The number of nitrogens with zero attached hydrogens (tertiary/aromatic N) is 7. The second-order valence-electron chi connectivity index (χ2n) is 7.23. The zero-order valence-corrected chi connectivity index (χ0v) is 14.9. The summed E-state index contributed by atoms with van der Waals surface area (Å²) in [6.07, 6.45) is 5.16. The Labute approximate surface area is 147 Å². The fourth-order valence-electron chi connectivity index (χ4n) is 3.34. The smallest absolute Gasteiger partial charge is 0.236 e. The van der Waals surface area contributed by atoms with Crippen LogP contribution in [-0.4, -0.2) is 82.3 Å². The quantitative estimate of drug-likeness (QED) is 0.810. The molecule has 0 atom stereocenters. The lowest BCUT2D eigenvalue weighted by molar-refractivity contribution is -0.129. The van der Waals surface area contributed by atoms with Crippen molar-refractivity contribution in [1.29, 1.82) is 0 Å². The molecule has 0 N–H and O–H groups in total. The maximum absolute atomic E-state index is 12.0. The van der Waals surface area contributed by atoms with Gasteiger partial charge in [0.25, 0.3) is 0 Å². The number of likely N-dealkylation sites (N-methyl/N-ethyl adjacent to an activating group) is 1. The minimum Gasteiger partial charge on any atom is -0.367 e. The van der Waals surface area contributed by atoms with Gasteiger partial charge in [0.2, 0.25) is 11.6 Å². The van der Waals surface area contributed by atoms with Gasteiger partial charge in [-0.1, -0.05) is 0 Å². The summed E-state index contributed by atoms with van der Waals surface area (Å²) >= 11 is 0. The monoisotopic (exact) mass is 343 g/mol. The molecule has 0 spiro atoms. The van der Waals surface area contributed by atoms with Crippen LogP contribution < -0.4 is 4.90 Å². The van der Waals surface area contributed by atoms with Gasteiger partial charge in [0.1, 0.15) is 6.33 Å². The van der Waals surface area contributed by atoms with E-state index in [-0.39, 0.29) is 5.91 Å². The van der Waals surface area contributed by atoms with Crippen LogP contribution in [0.15, 0.2) is 12.4 Å². The average Bonchev–Trinajstić information content (AvgIpc) is 3.37. The Morgan fingerprint density at radius 3 is 2.84 bits per heavy atom. The molecule has 25 heavy (non-hydrogen) atoms. The van der Waals surface area contributed by atoms with E-state index in [9.17, 15) is 4.79 Å². The molecule has 1 aliphatic carbocycles. The fourth-order valence-corrected chi connectivity index (χ4v) is 3.34. The molecular weight excluding hydrogens is 318 g/mol. The molecule has 0 unspecified atom stereocenters. The Hall–Kier alpha value is -2.22. The van der Waals surface area contributed by atoms with E-state index in [1.807, 2.05) is 14.1 Å². The van der Waals surface area contributed by atoms with Crippen molar-refractivity contribution in [2.24, 2.45) is 0 Å². The minimum absolute atomic E-state index is 0.160. The number of carbonyl (C=O) groups is 1. The summed E-state index contributed by atoms with van der Waals surface area (Å²) in [7, 11) is 3.62. The number of rotatable bonds is 4. The van der Waals surface area contributed by atoms with E-state index in [2.05, 4.69) is 31.2 Å². The topological polar surface area (TPSA) is 69.9 Å². The molecule has 1 amide bonds. The van der Waals surface area contributed by atoms with Crippen LogP contribution in [0.25, 0.3) is 5.65 Å². The first kappa shape index (κ1) is 16.3. The van der Waals surface area contributed by atoms with E-state index in [1.165, 1.54) is 12.8 Å². The van der Waals surface area contributed by atoms with Gasteiger partial charge in [-0.25, -0.2) is 0 Å². The molecule has 134 valence electrons. The largest absolute Gasteiger partial charge is 0.367 e. The van der Waals surface area contributed by atoms with Gasteiger partial charge < -0.3 is 9.80 Å². The molecule has 2 aliphatic rings. The van der Waals surface area contributed by atoms with Gasteiger partial charge >= 0.3 is 0 Å². The molecule has 1 saturated heterocycles. The van der Waals surface area contributed by atoms with Gasteiger partial charge in [0.05, 0.1) is 17.9 Å². The lowest BCUT2D eigenvalue weighted by Gasteiger charge is -2.24. The molecule has 8 heteroatoms. The van der Waals surface area contributed by atoms with Crippen molar-refractivity contribution in [3.63, 3.8) is 0 Å². The highest BCUT2D eigenvalue weighted by Gasteiger charge is 2.28. The molecule has 0 radical (unpaired) electrons. The number of fused-ring (bicyclic) bond motifs is 1. The van der Waals surface area contributed by atoms with E-state index in [0.29, 0.717) is 12.5 Å². The number of aromatic nitrogens is 4. The Morgan fingerprint density at radius 2 is 2.08 bits per heavy atom. The lowest BCUT2D eigenvalue weighted by atomic mass is 10.2. The van der Waals surface area contributed by atoms with Gasteiger partial charge in [0, 0.05) is 46.2 Å². The summed E-state index contributed by atoms with van der Waals surface area (Å²) in [5.74, 6) is 0.750. The molecule has 3 heterocycles. The van der Waals surface area contributed by atoms with Crippen LogP contribution in [0.4, 0.5) is 5.69 Å². The van der Waals surface area contributed by atoms with Crippen LogP contribution in [0.1, 0.15) is 30.9 Å². The van der Waals surface area contributed by atoms with Crippen LogP contribution >= 0.6 is 0 Å². The maximum atomic E-state index is 12.0. The standard InChI is InChI=1S/C17H25N7O/c1-21(2)16(25)11-22-6-3-7-23(9-8-22)15-10-14(13-4-5-13)20-24-12-18-19-17(15)24/h10,12-13H,3-9,11H2,1-2H3. The molecule has 2 fully saturated rings. The van der Waals surface area contributed by atoms with Crippen LogP contribution in [0.2, 0.25) is 0 Å². The van der Waals surface area contributed by atoms with E-state index < -0.39 is 0 Å². The van der Waals surface area contributed by atoms with Crippen LogP contribution in [0, 0.1) is 0 Å². The summed E-state index contributed by atoms with van der Waals surface area (Å²) in [5.41, 5.74) is 3.09. The summed E-state index contributed by atoms with van der Waals surface area (Å²) < 4.78 is 1.81. The summed E-state index contributed by atoms with van der Waals surface area (Å²) in [6.45, 7) is 4.16. The van der Waals surface area contributed by atoms with Crippen molar-refractivity contribution < 1.29 is 4.79 Å². The number of amides is 1. The third kappa shape index (κ3) is 3.44. The Kier molecular flexibility index (Phi) is 4.29. The van der Waals surface area contributed by atoms with Crippen molar-refractivity contribution in [3.05, 3.63) is 18.1 Å². The van der Waals surface area contributed by atoms with Crippen molar-refractivity contribution in [2.75, 3.05) is 51.7 Å². The Morgan fingerprint density at radius 1 is 1.24 bits per heavy atom.